The standard InChI is InChI=1S/C12H12BrN5O/c1-7-4-8(13)5-16-11(7)17-12(19)10-3-2-9(18-14)6-15-10/h2-6,18H,14H2,1H3,(H,16,17,19). The fourth-order valence-electron chi connectivity index (χ4n) is 1.46. The summed E-state index contributed by atoms with van der Waals surface area (Å²) in [5.74, 6) is 5.42. The molecule has 0 spiro atoms. The van der Waals surface area contributed by atoms with E-state index in [0.29, 0.717) is 17.2 Å². The number of nitrogen functional groups attached to an aromatic ring is 1. The zero-order valence-corrected chi connectivity index (χ0v) is 11.7. The van der Waals surface area contributed by atoms with Gasteiger partial charge in [0.1, 0.15) is 11.5 Å². The summed E-state index contributed by atoms with van der Waals surface area (Å²) in [5.41, 5.74) is 4.24. The molecule has 7 heteroatoms. The van der Waals surface area contributed by atoms with Crippen molar-refractivity contribution in [3.05, 3.63) is 46.3 Å². The summed E-state index contributed by atoms with van der Waals surface area (Å²) in [7, 11) is 0. The van der Waals surface area contributed by atoms with Crippen LogP contribution in [-0.2, 0) is 0 Å². The number of anilines is 2. The third-order valence-corrected chi connectivity index (χ3v) is 2.87. The Labute approximate surface area is 118 Å². The summed E-state index contributed by atoms with van der Waals surface area (Å²) in [6.45, 7) is 1.86. The molecule has 4 N–H and O–H groups in total. The zero-order chi connectivity index (χ0) is 13.8. The molecule has 0 fully saturated rings. The van der Waals surface area contributed by atoms with Gasteiger partial charge >= 0.3 is 0 Å². The van der Waals surface area contributed by atoms with Crippen molar-refractivity contribution in [3.8, 4) is 0 Å². The Bertz CT molecular complexity index is 600. The van der Waals surface area contributed by atoms with Gasteiger partial charge < -0.3 is 10.7 Å². The summed E-state index contributed by atoms with van der Waals surface area (Å²) in [5, 5.41) is 2.71. The lowest BCUT2D eigenvalue weighted by Crippen LogP contribution is -2.16. The number of halogens is 1. The van der Waals surface area contributed by atoms with Crippen LogP contribution in [0.1, 0.15) is 16.1 Å². The molecule has 0 bridgehead atoms. The summed E-state index contributed by atoms with van der Waals surface area (Å²) >= 11 is 3.32. The second-order valence-corrected chi connectivity index (χ2v) is 4.77. The van der Waals surface area contributed by atoms with Crippen LogP contribution in [0.15, 0.2) is 35.1 Å². The van der Waals surface area contributed by atoms with Gasteiger partial charge in [-0.05, 0) is 46.6 Å². The van der Waals surface area contributed by atoms with E-state index >= 15 is 0 Å². The number of nitrogens with two attached hydrogens (primary N) is 1. The molecule has 0 aliphatic carbocycles. The van der Waals surface area contributed by atoms with E-state index in [1.54, 1.807) is 18.3 Å². The number of hydrogen-bond acceptors (Lipinski definition) is 5. The molecule has 2 aromatic heterocycles. The average Bonchev–Trinajstić information content (AvgIpc) is 2.42. The molecule has 2 aromatic rings. The quantitative estimate of drug-likeness (QED) is 0.594. The first-order chi connectivity index (χ1) is 9.10. The van der Waals surface area contributed by atoms with Crippen molar-refractivity contribution >= 4 is 33.3 Å². The fourth-order valence-corrected chi connectivity index (χ4v) is 1.90. The van der Waals surface area contributed by atoms with Gasteiger partial charge in [0.2, 0.25) is 0 Å². The normalized spacial score (nSPS) is 10.1. The molecular formula is C12H12BrN5O. The summed E-state index contributed by atoms with van der Waals surface area (Å²) < 4.78 is 0.861. The fraction of sp³-hybridized carbons (Fsp3) is 0.0833. The molecule has 0 saturated carbocycles. The molecule has 2 heterocycles. The Hall–Kier alpha value is -1.99. The third kappa shape index (κ3) is 3.27. The van der Waals surface area contributed by atoms with Crippen LogP contribution in [0.3, 0.4) is 0 Å². The molecule has 19 heavy (non-hydrogen) atoms. The maximum atomic E-state index is 12.0. The lowest BCUT2D eigenvalue weighted by molar-refractivity contribution is 0.102. The van der Waals surface area contributed by atoms with Crippen molar-refractivity contribution in [1.29, 1.82) is 0 Å². The molecular weight excluding hydrogens is 310 g/mol. The highest BCUT2D eigenvalue weighted by Gasteiger charge is 2.10. The van der Waals surface area contributed by atoms with E-state index in [1.165, 1.54) is 6.20 Å². The van der Waals surface area contributed by atoms with Crippen LogP contribution in [0.25, 0.3) is 0 Å². The smallest absolute Gasteiger partial charge is 0.275 e. The minimum absolute atomic E-state index is 0.295. The Morgan fingerprint density at radius 2 is 2.11 bits per heavy atom. The van der Waals surface area contributed by atoms with Crippen molar-refractivity contribution in [2.45, 2.75) is 6.92 Å². The van der Waals surface area contributed by atoms with Crippen molar-refractivity contribution in [1.82, 2.24) is 9.97 Å². The maximum Gasteiger partial charge on any atom is 0.275 e. The van der Waals surface area contributed by atoms with Crippen LogP contribution in [0, 0.1) is 6.92 Å². The molecule has 0 radical (unpaired) electrons. The highest BCUT2D eigenvalue weighted by atomic mass is 79.9. The summed E-state index contributed by atoms with van der Waals surface area (Å²) in [4.78, 5) is 20.1. The van der Waals surface area contributed by atoms with E-state index in [4.69, 9.17) is 5.84 Å². The van der Waals surface area contributed by atoms with Gasteiger partial charge in [-0.1, -0.05) is 0 Å². The molecule has 6 nitrogen and oxygen atoms in total. The molecule has 0 aromatic carbocycles. The number of nitrogens with one attached hydrogen (secondary N) is 2. The van der Waals surface area contributed by atoms with Gasteiger partial charge in [-0.15, -0.1) is 0 Å². The second-order valence-electron chi connectivity index (χ2n) is 3.85. The van der Waals surface area contributed by atoms with Crippen LogP contribution >= 0.6 is 15.9 Å². The van der Waals surface area contributed by atoms with E-state index in [-0.39, 0.29) is 5.91 Å². The second kappa shape index (κ2) is 5.77. The zero-order valence-electron chi connectivity index (χ0n) is 10.1. The van der Waals surface area contributed by atoms with Crippen LogP contribution in [0.5, 0.6) is 0 Å². The first-order valence-electron chi connectivity index (χ1n) is 5.46. The van der Waals surface area contributed by atoms with E-state index in [2.05, 4.69) is 36.6 Å². The molecule has 1 amide bonds. The highest BCUT2D eigenvalue weighted by molar-refractivity contribution is 9.10. The SMILES string of the molecule is Cc1cc(Br)cnc1NC(=O)c1ccc(NN)cn1. The number of nitrogens with zero attached hydrogens (tertiary/aromatic N) is 2. The summed E-state index contributed by atoms with van der Waals surface area (Å²) in [6, 6.07) is 5.12. The third-order valence-electron chi connectivity index (χ3n) is 2.44. The number of aromatic nitrogens is 2. The van der Waals surface area contributed by atoms with Crippen LogP contribution in [-0.4, -0.2) is 15.9 Å². The lowest BCUT2D eigenvalue weighted by Gasteiger charge is -2.07. The van der Waals surface area contributed by atoms with Gasteiger partial charge in [0, 0.05) is 10.7 Å². The van der Waals surface area contributed by atoms with E-state index in [9.17, 15) is 4.79 Å². The van der Waals surface area contributed by atoms with Gasteiger partial charge in [-0.2, -0.15) is 0 Å². The Kier molecular flexibility index (Phi) is 4.08. The van der Waals surface area contributed by atoms with Gasteiger partial charge in [0.15, 0.2) is 0 Å². The lowest BCUT2D eigenvalue weighted by atomic mass is 10.2. The van der Waals surface area contributed by atoms with Crippen molar-refractivity contribution in [2.24, 2.45) is 5.84 Å². The van der Waals surface area contributed by atoms with E-state index in [1.807, 2.05) is 13.0 Å². The topological polar surface area (TPSA) is 92.9 Å². The van der Waals surface area contributed by atoms with Gasteiger partial charge in [0.05, 0.1) is 11.9 Å². The number of aryl methyl sites for hydroxylation is 1. The average molecular weight is 322 g/mol. The van der Waals surface area contributed by atoms with Gasteiger partial charge in [-0.25, -0.2) is 9.97 Å². The first-order valence-corrected chi connectivity index (χ1v) is 6.25. The summed E-state index contributed by atoms with van der Waals surface area (Å²) in [6.07, 6.45) is 3.11. The highest BCUT2D eigenvalue weighted by Crippen LogP contribution is 2.17. The van der Waals surface area contributed by atoms with Crippen molar-refractivity contribution < 1.29 is 4.79 Å². The minimum Gasteiger partial charge on any atom is -0.323 e. The molecule has 0 unspecified atom stereocenters. The molecule has 0 atom stereocenters. The molecule has 0 aliphatic heterocycles. The van der Waals surface area contributed by atoms with Crippen LogP contribution in [0.4, 0.5) is 11.5 Å². The van der Waals surface area contributed by atoms with E-state index < -0.39 is 0 Å². The Morgan fingerprint density at radius 1 is 1.32 bits per heavy atom. The minimum atomic E-state index is -0.318. The predicted octanol–water partition coefficient (Wildman–Crippen LogP) is 2.09. The molecule has 0 saturated heterocycles. The first kappa shape index (κ1) is 13.4. The number of pyridine rings is 2. The number of carbonyl (C=O) groups excluding carboxylic acids is 1. The predicted molar refractivity (Wildman–Crippen MR) is 76.7 cm³/mol. The number of hydrazine groups is 1. The largest absolute Gasteiger partial charge is 0.323 e. The van der Waals surface area contributed by atoms with Crippen molar-refractivity contribution in [3.63, 3.8) is 0 Å². The monoisotopic (exact) mass is 321 g/mol. The Balaban J connectivity index is 2.15. The molecule has 98 valence electrons. The number of amides is 1. The number of hydrogen-bond donors (Lipinski definition) is 3. The van der Waals surface area contributed by atoms with Crippen LogP contribution in [0.2, 0.25) is 0 Å². The number of carbonyl (C=O) groups is 1. The van der Waals surface area contributed by atoms with Crippen molar-refractivity contribution in [2.75, 3.05) is 10.7 Å². The van der Waals surface area contributed by atoms with Gasteiger partial charge in [0.25, 0.3) is 5.91 Å². The molecule has 2 rings (SSSR count). The Morgan fingerprint density at radius 3 is 2.68 bits per heavy atom. The van der Waals surface area contributed by atoms with Crippen LogP contribution < -0.4 is 16.6 Å². The molecule has 0 aliphatic rings. The number of rotatable bonds is 3. The maximum absolute atomic E-state index is 12.0. The van der Waals surface area contributed by atoms with Gasteiger partial charge in [-0.3, -0.25) is 10.6 Å². The van der Waals surface area contributed by atoms with E-state index in [0.717, 1.165) is 10.0 Å².